The highest BCUT2D eigenvalue weighted by Gasteiger charge is 2.20. The normalized spacial score (nSPS) is 11.1. The van der Waals surface area contributed by atoms with Gasteiger partial charge in [-0.05, 0) is 48.0 Å². The van der Waals surface area contributed by atoms with Gasteiger partial charge in [0, 0.05) is 19.2 Å². The van der Waals surface area contributed by atoms with Crippen molar-refractivity contribution in [1.29, 1.82) is 0 Å². The first-order valence-corrected chi connectivity index (χ1v) is 10.6. The molecule has 0 unspecified atom stereocenters. The molecule has 0 bridgehead atoms. The first-order valence-electron chi connectivity index (χ1n) is 9.16. The van der Waals surface area contributed by atoms with Crippen molar-refractivity contribution in [2.45, 2.75) is 11.4 Å². The van der Waals surface area contributed by atoms with Crippen molar-refractivity contribution in [1.82, 2.24) is 4.90 Å². The predicted octanol–water partition coefficient (Wildman–Crippen LogP) is 4.05. The lowest BCUT2D eigenvalue weighted by molar-refractivity contribution is 0.0784. The lowest BCUT2D eigenvalue weighted by atomic mass is 10.1. The van der Waals surface area contributed by atoms with Crippen LogP contribution in [0.5, 0.6) is 5.75 Å². The molecule has 1 amide bonds. The lowest BCUT2D eigenvalue weighted by Gasteiger charge is -2.18. The fourth-order valence-corrected chi connectivity index (χ4v) is 4.05. The van der Waals surface area contributed by atoms with Crippen molar-refractivity contribution < 1.29 is 26.7 Å². The zero-order valence-electron chi connectivity index (χ0n) is 16.8. The maximum atomic E-state index is 13.4. The fraction of sp³-hybridized carbons (Fsp3) is 0.136. The van der Waals surface area contributed by atoms with Crippen LogP contribution in [0.4, 0.5) is 14.5 Å². The number of rotatable bonds is 7. The maximum absolute atomic E-state index is 13.4. The Morgan fingerprint density at radius 3 is 2.45 bits per heavy atom. The van der Waals surface area contributed by atoms with E-state index in [-0.39, 0.29) is 22.7 Å². The van der Waals surface area contributed by atoms with E-state index in [1.807, 2.05) is 0 Å². The molecule has 162 valence electrons. The van der Waals surface area contributed by atoms with E-state index >= 15 is 0 Å². The molecular weight excluding hydrogens is 426 g/mol. The summed E-state index contributed by atoms with van der Waals surface area (Å²) >= 11 is 0. The minimum atomic E-state index is -3.99. The summed E-state index contributed by atoms with van der Waals surface area (Å²) in [5.41, 5.74) is 0.793. The summed E-state index contributed by atoms with van der Waals surface area (Å²) in [6.45, 7) is 0.0203. The molecule has 0 spiro atoms. The number of benzene rings is 3. The van der Waals surface area contributed by atoms with Gasteiger partial charge in [0.05, 0.1) is 17.7 Å². The Hall–Kier alpha value is -3.46. The minimum absolute atomic E-state index is 0.0203. The minimum Gasteiger partial charge on any atom is -0.495 e. The molecule has 3 aromatic rings. The SMILES string of the molecule is COc1ccccc1NS(=O)(=O)c1cccc(C(=O)N(C)Cc2ccc(F)c(F)c2)c1. The Morgan fingerprint density at radius 2 is 1.74 bits per heavy atom. The average molecular weight is 446 g/mol. The molecule has 0 heterocycles. The molecule has 6 nitrogen and oxygen atoms in total. The molecule has 3 rings (SSSR count). The van der Waals surface area contributed by atoms with E-state index in [1.54, 1.807) is 24.3 Å². The average Bonchev–Trinajstić information content (AvgIpc) is 2.76. The number of carbonyl (C=O) groups is 1. The molecule has 0 atom stereocenters. The molecule has 1 N–H and O–H groups in total. The quantitative estimate of drug-likeness (QED) is 0.594. The number of carbonyl (C=O) groups excluding carboxylic acids is 1. The van der Waals surface area contributed by atoms with E-state index in [2.05, 4.69) is 4.72 Å². The van der Waals surface area contributed by atoms with Crippen LogP contribution in [-0.4, -0.2) is 33.4 Å². The van der Waals surface area contributed by atoms with Gasteiger partial charge in [0.1, 0.15) is 5.75 Å². The Balaban J connectivity index is 1.81. The maximum Gasteiger partial charge on any atom is 0.262 e. The van der Waals surface area contributed by atoms with Gasteiger partial charge in [-0.2, -0.15) is 0 Å². The first kappa shape index (κ1) is 22.2. The van der Waals surface area contributed by atoms with Gasteiger partial charge in [0.2, 0.25) is 0 Å². The molecule has 0 saturated carbocycles. The number of nitrogens with zero attached hydrogens (tertiary/aromatic N) is 1. The van der Waals surface area contributed by atoms with Gasteiger partial charge in [-0.3, -0.25) is 9.52 Å². The number of anilines is 1. The van der Waals surface area contributed by atoms with Gasteiger partial charge in [0.15, 0.2) is 11.6 Å². The zero-order valence-corrected chi connectivity index (χ0v) is 17.6. The second-order valence-electron chi connectivity index (χ2n) is 6.74. The third-order valence-electron chi connectivity index (χ3n) is 4.49. The number of nitrogens with one attached hydrogen (secondary N) is 1. The molecular formula is C22H20F2N2O4S. The van der Waals surface area contributed by atoms with Crippen LogP contribution in [0.2, 0.25) is 0 Å². The summed E-state index contributed by atoms with van der Waals surface area (Å²) in [6, 6.07) is 15.5. The summed E-state index contributed by atoms with van der Waals surface area (Å²) in [5.74, 6) is -2.10. The molecule has 0 fully saturated rings. The van der Waals surface area contributed by atoms with E-state index in [1.165, 1.54) is 49.4 Å². The highest BCUT2D eigenvalue weighted by Crippen LogP contribution is 2.26. The number of sulfonamides is 1. The first-order chi connectivity index (χ1) is 14.7. The van der Waals surface area contributed by atoms with Crippen molar-refractivity contribution in [3.05, 3.63) is 89.5 Å². The Kier molecular flexibility index (Phi) is 6.55. The van der Waals surface area contributed by atoms with Crippen LogP contribution in [0.1, 0.15) is 15.9 Å². The van der Waals surface area contributed by atoms with Gasteiger partial charge in [0.25, 0.3) is 15.9 Å². The molecule has 0 radical (unpaired) electrons. The van der Waals surface area contributed by atoms with Gasteiger partial charge < -0.3 is 9.64 Å². The van der Waals surface area contributed by atoms with Crippen molar-refractivity contribution in [3.8, 4) is 5.75 Å². The van der Waals surface area contributed by atoms with Crippen LogP contribution in [0, 0.1) is 11.6 Å². The summed E-state index contributed by atoms with van der Waals surface area (Å²) in [6.07, 6.45) is 0. The summed E-state index contributed by atoms with van der Waals surface area (Å²) in [7, 11) is -1.08. The standard InChI is InChI=1S/C22H20F2N2O4S/c1-26(14-15-10-11-18(23)19(24)12-15)22(27)16-6-5-7-17(13-16)31(28,29)25-20-8-3-4-9-21(20)30-2/h3-13,25H,14H2,1-2H3. The molecule has 0 aromatic heterocycles. The highest BCUT2D eigenvalue weighted by molar-refractivity contribution is 7.92. The molecule has 0 aliphatic rings. The van der Waals surface area contributed by atoms with Gasteiger partial charge in [-0.25, -0.2) is 17.2 Å². The van der Waals surface area contributed by atoms with Gasteiger partial charge in [-0.15, -0.1) is 0 Å². The molecule has 0 saturated heterocycles. The monoisotopic (exact) mass is 446 g/mol. The van der Waals surface area contributed by atoms with E-state index in [0.29, 0.717) is 11.3 Å². The summed E-state index contributed by atoms with van der Waals surface area (Å²) in [5, 5.41) is 0. The van der Waals surface area contributed by atoms with Gasteiger partial charge >= 0.3 is 0 Å². The van der Waals surface area contributed by atoms with Crippen molar-refractivity contribution in [2.75, 3.05) is 18.9 Å². The number of hydrogen-bond donors (Lipinski definition) is 1. The van der Waals surface area contributed by atoms with Crippen LogP contribution in [0.3, 0.4) is 0 Å². The zero-order chi connectivity index (χ0) is 22.6. The van der Waals surface area contributed by atoms with Crippen LogP contribution in [0.15, 0.2) is 71.6 Å². The number of methoxy groups -OCH3 is 1. The van der Waals surface area contributed by atoms with Crippen LogP contribution in [-0.2, 0) is 16.6 Å². The molecule has 3 aromatic carbocycles. The van der Waals surface area contributed by atoms with Crippen molar-refractivity contribution in [2.24, 2.45) is 0 Å². The molecule has 31 heavy (non-hydrogen) atoms. The number of para-hydroxylation sites is 2. The van der Waals surface area contributed by atoms with Crippen molar-refractivity contribution in [3.63, 3.8) is 0 Å². The number of halogens is 2. The van der Waals surface area contributed by atoms with Crippen molar-refractivity contribution >= 4 is 21.6 Å². The van der Waals surface area contributed by atoms with Crippen LogP contribution >= 0.6 is 0 Å². The van der Waals surface area contributed by atoms with E-state index in [9.17, 15) is 22.0 Å². The highest BCUT2D eigenvalue weighted by atomic mass is 32.2. The topological polar surface area (TPSA) is 75.7 Å². The van der Waals surface area contributed by atoms with E-state index in [0.717, 1.165) is 12.1 Å². The second-order valence-corrected chi connectivity index (χ2v) is 8.43. The second kappa shape index (κ2) is 9.13. The molecule has 9 heteroatoms. The van der Waals surface area contributed by atoms with Gasteiger partial charge in [-0.1, -0.05) is 24.3 Å². The lowest BCUT2D eigenvalue weighted by Crippen LogP contribution is -2.26. The van der Waals surface area contributed by atoms with E-state index in [4.69, 9.17) is 4.74 Å². The third-order valence-corrected chi connectivity index (χ3v) is 5.86. The fourth-order valence-electron chi connectivity index (χ4n) is 2.93. The molecule has 0 aliphatic heterocycles. The number of amides is 1. The summed E-state index contributed by atoms with van der Waals surface area (Å²) < 4.78 is 59.7. The van der Waals surface area contributed by atoms with Crippen LogP contribution in [0.25, 0.3) is 0 Å². The Bertz CT molecular complexity index is 1220. The van der Waals surface area contributed by atoms with E-state index < -0.39 is 27.6 Å². The molecule has 0 aliphatic carbocycles. The number of hydrogen-bond acceptors (Lipinski definition) is 4. The summed E-state index contributed by atoms with van der Waals surface area (Å²) in [4.78, 5) is 13.9. The largest absolute Gasteiger partial charge is 0.495 e. The Labute approximate surface area is 179 Å². The van der Waals surface area contributed by atoms with Crippen LogP contribution < -0.4 is 9.46 Å². The smallest absolute Gasteiger partial charge is 0.262 e. The predicted molar refractivity (Wildman–Crippen MR) is 112 cm³/mol. The third kappa shape index (κ3) is 5.18. The Morgan fingerprint density at radius 1 is 1.00 bits per heavy atom. The number of ether oxygens (including phenoxy) is 1.